The van der Waals surface area contributed by atoms with Crippen molar-refractivity contribution in [3.05, 3.63) is 45.9 Å². The van der Waals surface area contributed by atoms with Gasteiger partial charge in [-0.2, -0.15) is 0 Å². The number of carbonyl (C=O) groups is 1. The molecule has 1 fully saturated rings. The summed E-state index contributed by atoms with van der Waals surface area (Å²) in [6, 6.07) is 10.3. The standard InChI is InChI=1S/C17H21ClN4OS/c18-17-15(19-20-24-17)13-21-9-11-22(12-10-21)16(23)8-4-7-14-5-2-1-3-6-14/h1-3,5-6H,4,7-13H2. The van der Waals surface area contributed by atoms with Crippen molar-refractivity contribution in [2.45, 2.75) is 25.8 Å². The number of aryl methyl sites for hydroxylation is 1. The van der Waals surface area contributed by atoms with Crippen LogP contribution in [0.4, 0.5) is 0 Å². The topological polar surface area (TPSA) is 49.3 Å². The Morgan fingerprint density at radius 3 is 2.58 bits per heavy atom. The summed E-state index contributed by atoms with van der Waals surface area (Å²) in [5.41, 5.74) is 2.13. The minimum Gasteiger partial charge on any atom is -0.340 e. The first kappa shape index (κ1) is 17.3. The van der Waals surface area contributed by atoms with Crippen molar-refractivity contribution in [2.75, 3.05) is 26.2 Å². The number of hydrogen-bond acceptors (Lipinski definition) is 5. The lowest BCUT2D eigenvalue weighted by atomic mass is 10.1. The first-order valence-corrected chi connectivity index (χ1v) is 9.38. The summed E-state index contributed by atoms with van der Waals surface area (Å²) in [7, 11) is 0. The summed E-state index contributed by atoms with van der Waals surface area (Å²) in [6.45, 7) is 3.99. The van der Waals surface area contributed by atoms with Gasteiger partial charge < -0.3 is 4.90 Å². The summed E-state index contributed by atoms with van der Waals surface area (Å²) >= 11 is 7.27. The van der Waals surface area contributed by atoms with Crippen LogP contribution in [-0.2, 0) is 17.8 Å². The van der Waals surface area contributed by atoms with Gasteiger partial charge in [0.2, 0.25) is 5.91 Å². The van der Waals surface area contributed by atoms with Crippen molar-refractivity contribution in [1.29, 1.82) is 0 Å². The molecule has 1 amide bonds. The predicted octanol–water partition coefficient (Wildman–Crippen LogP) is 2.86. The fourth-order valence-electron chi connectivity index (χ4n) is 2.91. The summed E-state index contributed by atoms with van der Waals surface area (Å²) < 4.78 is 4.52. The molecule has 0 unspecified atom stereocenters. The van der Waals surface area contributed by atoms with Crippen LogP contribution in [0.3, 0.4) is 0 Å². The quantitative estimate of drug-likeness (QED) is 0.790. The largest absolute Gasteiger partial charge is 0.340 e. The number of aromatic nitrogens is 2. The molecule has 5 nitrogen and oxygen atoms in total. The van der Waals surface area contributed by atoms with Crippen LogP contribution >= 0.6 is 23.1 Å². The Labute approximate surface area is 151 Å². The Bertz CT molecular complexity index is 656. The van der Waals surface area contributed by atoms with E-state index in [9.17, 15) is 4.79 Å². The molecule has 0 aliphatic carbocycles. The van der Waals surface area contributed by atoms with Gasteiger partial charge in [0.15, 0.2) is 0 Å². The average Bonchev–Trinajstić information content (AvgIpc) is 3.01. The molecule has 128 valence electrons. The van der Waals surface area contributed by atoms with Gasteiger partial charge in [-0.05, 0) is 18.4 Å². The van der Waals surface area contributed by atoms with Crippen LogP contribution in [0, 0.1) is 0 Å². The number of rotatable bonds is 6. The maximum atomic E-state index is 12.3. The molecular weight excluding hydrogens is 344 g/mol. The number of carbonyl (C=O) groups excluding carboxylic acids is 1. The van der Waals surface area contributed by atoms with E-state index >= 15 is 0 Å². The Hall–Kier alpha value is -1.50. The third-order valence-electron chi connectivity index (χ3n) is 4.31. The zero-order valence-electron chi connectivity index (χ0n) is 13.5. The van der Waals surface area contributed by atoms with E-state index in [4.69, 9.17) is 11.6 Å². The van der Waals surface area contributed by atoms with E-state index in [1.54, 1.807) is 0 Å². The van der Waals surface area contributed by atoms with Gasteiger partial charge in [-0.3, -0.25) is 9.69 Å². The van der Waals surface area contributed by atoms with Gasteiger partial charge in [0.1, 0.15) is 10.0 Å². The van der Waals surface area contributed by atoms with Crippen molar-refractivity contribution in [1.82, 2.24) is 19.4 Å². The van der Waals surface area contributed by atoms with Gasteiger partial charge >= 0.3 is 0 Å². The Balaban J connectivity index is 1.38. The number of benzene rings is 1. The number of nitrogens with zero attached hydrogens (tertiary/aromatic N) is 4. The van der Waals surface area contributed by atoms with Gasteiger partial charge in [-0.1, -0.05) is 46.4 Å². The molecular formula is C17H21ClN4OS. The lowest BCUT2D eigenvalue weighted by Crippen LogP contribution is -2.48. The number of hydrogen-bond donors (Lipinski definition) is 0. The van der Waals surface area contributed by atoms with Crippen molar-refractivity contribution >= 4 is 29.0 Å². The second-order valence-electron chi connectivity index (χ2n) is 5.99. The molecule has 1 aromatic carbocycles. The SMILES string of the molecule is O=C(CCCc1ccccc1)N1CCN(Cc2nnsc2Cl)CC1. The first-order chi connectivity index (χ1) is 11.7. The van der Waals surface area contributed by atoms with Gasteiger partial charge in [0.05, 0.1) is 0 Å². The van der Waals surface area contributed by atoms with Crippen LogP contribution in [-0.4, -0.2) is 51.5 Å². The molecule has 2 heterocycles. The molecule has 1 aromatic heterocycles. The maximum Gasteiger partial charge on any atom is 0.222 e. The van der Waals surface area contributed by atoms with Crippen molar-refractivity contribution in [3.8, 4) is 0 Å². The molecule has 24 heavy (non-hydrogen) atoms. The van der Waals surface area contributed by atoms with E-state index in [2.05, 4.69) is 26.6 Å². The lowest BCUT2D eigenvalue weighted by molar-refractivity contribution is -0.133. The van der Waals surface area contributed by atoms with Crippen LogP contribution in [0.25, 0.3) is 0 Å². The maximum absolute atomic E-state index is 12.3. The van der Waals surface area contributed by atoms with E-state index in [-0.39, 0.29) is 5.91 Å². The van der Waals surface area contributed by atoms with Crippen LogP contribution in [0.2, 0.25) is 4.34 Å². The Kier molecular flexibility index (Phi) is 6.18. The molecule has 0 bridgehead atoms. The lowest BCUT2D eigenvalue weighted by Gasteiger charge is -2.34. The minimum absolute atomic E-state index is 0.263. The molecule has 1 aliphatic rings. The number of piperazine rings is 1. The smallest absolute Gasteiger partial charge is 0.222 e. The highest BCUT2D eigenvalue weighted by Crippen LogP contribution is 2.19. The molecule has 3 rings (SSSR count). The first-order valence-electron chi connectivity index (χ1n) is 8.23. The molecule has 7 heteroatoms. The van der Waals surface area contributed by atoms with Crippen LogP contribution in [0.5, 0.6) is 0 Å². The summed E-state index contributed by atoms with van der Waals surface area (Å²) in [5.74, 6) is 0.263. The fraction of sp³-hybridized carbons (Fsp3) is 0.471. The average molecular weight is 365 g/mol. The molecule has 2 aromatic rings. The van der Waals surface area contributed by atoms with Gasteiger partial charge in [-0.25, -0.2) is 0 Å². The molecule has 0 spiro atoms. The summed E-state index contributed by atoms with van der Waals surface area (Å²) in [4.78, 5) is 16.6. The third-order valence-corrected chi connectivity index (χ3v) is 5.29. The highest BCUT2D eigenvalue weighted by atomic mass is 35.5. The molecule has 0 N–H and O–H groups in total. The number of halogens is 1. The summed E-state index contributed by atoms with van der Waals surface area (Å²) in [6.07, 6.45) is 2.49. The summed E-state index contributed by atoms with van der Waals surface area (Å²) in [5, 5.41) is 4.05. The third kappa shape index (κ3) is 4.75. The predicted molar refractivity (Wildman–Crippen MR) is 96.2 cm³/mol. The molecule has 0 saturated carbocycles. The normalized spacial score (nSPS) is 15.6. The van der Waals surface area contributed by atoms with Crippen molar-refractivity contribution in [2.24, 2.45) is 0 Å². The van der Waals surface area contributed by atoms with Gasteiger partial charge in [0.25, 0.3) is 0 Å². The number of amides is 1. The zero-order chi connectivity index (χ0) is 16.8. The Morgan fingerprint density at radius 1 is 1.17 bits per heavy atom. The van der Waals surface area contributed by atoms with E-state index in [0.717, 1.165) is 44.7 Å². The van der Waals surface area contributed by atoms with Gasteiger partial charge in [0, 0.05) is 50.7 Å². The van der Waals surface area contributed by atoms with Crippen molar-refractivity contribution < 1.29 is 4.79 Å². The van der Waals surface area contributed by atoms with Crippen LogP contribution in [0.1, 0.15) is 24.1 Å². The monoisotopic (exact) mass is 364 g/mol. The fourth-order valence-corrected chi connectivity index (χ4v) is 3.52. The molecule has 1 saturated heterocycles. The van der Waals surface area contributed by atoms with E-state index in [0.29, 0.717) is 17.3 Å². The molecule has 1 aliphatic heterocycles. The van der Waals surface area contributed by atoms with E-state index < -0.39 is 0 Å². The zero-order valence-corrected chi connectivity index (χ0v) is 15.1. The molecule has 0 atom stereocenters. The Morgan fingerprint density at radius 2 is 1.92 bits per heavy atom. The van der Waals surface area contributed by atoms with Crippen LogP contribution < -0.4 is 0 Å². The van der Waals surface area contributed by atoms with Gasteiger partial charge in [-0.15, -0.1) is 5.10 Å². The molecule has 0 radical (unpaired) electrons. The highest BCUT2D eigenvalue weighted by molar-refractivity contribution is 7.10. The second kappa shape index (κ2) is 8.55. The minimum atomic E-state index is 0.263. The van der Waals surface area contributed by atoms with Crippen LogP contribution in [0.15, 0.2) is 30.3 Å². The van der Waals surface area contributed by atoms with E-state index in [1.807, 2.05) is 23.1 Å². The highest BCUT2D eigenvalue weighted by Gasteiger charge is 2.22. The van der Waals surface area contributed by atoms with E-state index in [1.165, 1.54) is 17.1 Å². The second-order valence-corrected chi connectivity index (χ2v) is 7.35. The van der Waals surface area contributed by atoms with Crippen molar-refractivity contribution in [3.63, 3.8) is 0 Å².